The van der Waals surface area contributed by atoms with Gasteiger partial charge in [-0.25, -0.2) is 4.79 Å². The van der Waals surface area contributed by atoms with Gasteiger partial charge >= 0.3 is 5.97 Å². The van der Waals surface area contributed by atoms with E-state index in [2.05, 4.69) is 11.9 Å². The molecule has 0 aliphatic carbocycles. The molecule has 9 nitrogen and oxygen atoms in total. The van der Waals surface area contributed by atoms with Gasteiger partial charge in [0.25, 0.3) is 11.4 Å². The lowest BCUT2D eigenvalue weighted by Crippen LogP contribution is -2.10. The Labute approximate surface area is 119 Å². The Hall–Kier alpha value is -2.97. The predicted molar refractivity (Wildman–Crippen MR) is 74.4 cm³/mol. The first-order valence-corrected chi connectivity index (χ1v) is 5.91. The number of esters is 1. The highest BCUT2D eigenvalue weighted by molar-refractivity contribution is 5.93. The summed E-state index contributed by atoms with van der Waals surface area (Å²) in [5.74, 6) is -0.862. The van der Waals surface area contributed by atoms with Gasteiger partial charge in [0.15, 0.2) is 5.69 Å². The summed E-state index contributed by atoms with van der Waals surface area (Å²) < 4.78 is 4.70. The summed E-state index contributed by atoms with van der Waals surface area (Å²) in [7, 11) is 0. The lowest BCUT2D eigenvalue weighted by Gasteiger charge is -2.08. The summed E-state index contributed by atoms with van der Waals surface area (Å²) >= 11 is 0. The summed E-state index contributed by atoms with van der Waals surface area (Å²) in [6.07, 6.45) is 1.40. The average molecular weight is 295 g/mol. The van der Waals surface area contributed by atoms with E-state index < -0.39 is 27.2 Å². The van der Waals surface area contributed by atoms with Gasteiger partial charge in [-0.3, -0.25) is 20.2 Å². The molecule has 0 aromatic heterocycles. The van der Waals surface area contributed by atoms with Gasteiger partial charge < -0.3 is 10.1 Å². The largest absolute Gasteiger partial charge is 0.462 e. The van der Waals surface area contributed by atoms with E-state index in [9.17, 15) is 25.0 Å². The third-order valence-corrected chi connectivity index (χ3v) is 2.42. The van der Waals surface area contributed by atoms with Crippen molar-refractivity contribution in [3.05, 3.63) is 50.6 Å². The normalized spacial score (nSPS) is 9.76. The minimum absolute atomic E-state index is 0.0525. The fourth-order valence-electron chi connectivity index (χ4n) is 1.59. The van der Waals surface area contributed by atoms with Gasteiger partial charge in [0, 0.05) is 18.7 Å². The molecule has 112 valence electrons. The molecule has 0 bridgehead atoms. The molecule has 1 aromatic rings. The number of benzene rings is 1. The molecule has 1 N–H and O–H groups in total. The van der Waals surface area contributed by atoms with Crippen LogP contribution in [-0.4, -0.2) is 29.0 Å². The van der Waals surface area contributed by atoms with Crippen LogP contribution in [0.1, 0.15) is 17.3 Å². The van der Waals surface area contributed by atoms with Gasteiger partial charge in [0.05, 0.1) is 22.0 Å². The van der Waals surface area contributed by atoms with Crippen molar-refractivity contribution in [1.29, 1.82) is 0 Å². The summed E-state index contributed by atoms with van der Waals surface area (Å²) in [4.78, 5) is 32.1. The lowest BCUT2D eigenvalue weighted by atomic mass is 10.1. The van der Waals surface area contributed by atoms with Crippen molar-refractivity contribution in [3.63, 3.8) is 0 Å². The molecule has 0 atom stereocenters. The van der Waals surface area contributed by atoms with E-state index in [0.717, 1.165) is 12.1 Å². The molecule has 0 saturated heterocycles. The van der Waals surface area contributed by atoms with Crippen LogP contribution in [0.2, 0.25) is 0 Å². The quantitative estimate of drug-likeness (QED) is 0.354. The maximum atomic E-state index is 11.6. The van der Waals surface area contributed by atoms with Crippen molar-refractivity contribution in [2.75, 3.05) is 18.5 Å². The molecule has 21 heavy (non-hydrogen) atoms. The molecule has 0 unspecified atom stereocenters. The van der Waals surface area contributed by atoms with E-state index >= 15 is 0 Å². The van der Waals surface area contributed by atoms with Crippen LogP contribution in [0.3, 0.4) is 0 Å². The van der Waals surface area contributed by atoms with E-state index in [-0.39, 0.29) is 24.4 Å². The second-order valence-electron chi connectivity index (χ2n) is 3.79. The molecule has 9 heteroatoms. The topological polar surface area (TPSA) is 125 Å². The minimum atomic E-state index is -0.862. The van der Waals surface area contributed by atoms with Crippen LogP contribution in [-0.2, 0) is 4.74 Å². The van der Waals surface area contributed by atoms with Crippen LogP contribution in [0.15, 0.2) is 24.8 Å². The van der Waals surface area contributed by atoms with Crippen LogP contribution in [0.5, 0.6) is 0 Å². The molecule has 0 fully saturated rings. The van der Waals surface area contributed by atoms with E-state index in [4.69, 9.17) is 4.74 Å². The first-order chi connectivity index (χ1) is 9.92. The fraction of sp³-hybridized carbons (Fsp3) is 0.250. The predicted octanol–water partition coefficient (Wildman–Crippen LogP) is 2.28. The van der Waals surface area contributed by atoms with Crippen LogP contribution in [0, 0.1) is 20.2 Å². The smallest absolute Gasteiger partial charge is 0.338 e. The van der Waals surface area contributed by atoms with Gasteiger partial charge in [-0.15, -0.1) is 6.58 Å². The Kier molecular flexibility index (Phi) is 5.35. The molecule has 0 heterocycles. The second-order valence-corrected chi connectivity index (χ2v) is 3.79. The van der Waals surface area contributed by atoms with Crippen LogP contribution in [0.25, 0.3) is 0 Å². The highest BCUT2D eigenvalue weighted by Crippen LogP contribution is 2.35. The number of nitro benzene ring substituents is 2. The molecular weight excluding hydrogens is 282 g/mol. The Morgan fingerprint density at radius 2 is 1.86 bits per heavy atom. The van der Waals surface area contributed by atoms with Crippen molar-refractivity contribution in [1.82, 2.24) is 0 Å². The molecule has 0 radical (unpaired) electrons. The van der Waals surface area contributed by atoms with Crippen LogP contribution in [0.4, 0.5) is 17.1 Å². The fourth-order valence-corrected chi connectivity index (χ4v) is 1.59. The van der Waals surface area contributed by atoms with Crippen molar-refractivity contribution in [3.8, 4) is 0 Å². The molecule has 1 rings (SSSR count). The SMILES string of the molecule is C=CCNc1c([N+](=O)[O-])cc(C(=O)OCC)cc1[N+](=O)[O-]. The van der Waals surface area contributed by atoms with Gasteiger partial charge in [-0.2, -0.15) is 0 Å². The van der Waals surface area contributed by atoms with Crippen LogP contribution >= 0.6 is 0 Å². The summed E-state index contributed by atoms with van der Waals surface area (Å²) in [5, 5.41) is 24.7. The number of hydrogen-bond acceptors (Lipinski definition) is 7. The number of nitrogens with zero attached hydrogens (tertiary/aromatic N) is 2. The van der Waals surface area contributed by atoms with E-state index in [0.29, 0.717) is 0 Å². The van der Waals surface area contributed by atoms with Crippen molar-refractivity contribution < 1.29 is 19.4 Å². The Morgan fingerprint density at radius 3 is 2.24 bits per heavy atom. The third-order valence-electron chi connectivity index (χ3n) is 2.42. The Balaban J connectivity index is 3.48. The van der Waals surface area contributed by atoms with Gasteiger partial charge in [-0.05, 0) is 6.92 Å². The zero-order chi connectivity index (χ0) is 16.0. The standard InChI is InChI=1S/C12H13N3O6/c1-3-5-13-11-9(14(17)18)6-8(12(16)21-4-2)7-10(11)15(19)20/h3,6-7,13H,1,4-5H2,2H3. The molecule has 1 aromatic carbocycles. The number of carbonyl (C=O) groups excluding carboxylic acids is 1. The van der Waals surface area contributed by atoms with Gasteiger partial charge in [0.1, 0.15) is 0 Å². The van der Waals surface area contributed by atoms with Gasteiger partial charge in [0.2, 0.25) is 0 Å². The average Bonchev–Trinajstić information content (AvgIpc) is 2.44. The summed E-state index contributed by atoms with van der Waals surface area (Å²) in [6, 6.07) is 1.88. The van der Waals surface area contributed by atoms with Crippen molar-refractivity contribution >= 4 is 23.0 Å². The van der Waals surface area contributed by atoms with Gasteiger partial charge in [-0.1, -0.05) is 6.08 Å². The summed E-state index contributed by atoms with van der Waals surface area (Å²) in [5.41, 5.74) is -1.68. The highest BCUT2D eigenvalue weighted by Gasteiger charge is 2.28. The number of anilines is 1. The zero-order valence-corrected chi connectivity index (χ0v) is 11.2. The maximum Gasteiger partial charge on any atom is 0.338 e. The number of nitrogens with one attached hydrogen (secondary N) is 1. The maximum absolute atomic E-state index is 11.6. The zero-order valence-electron chi connectivity index (χ0n) is 11.2. The third kappa shape index (κ3) is 3.75. The van der Waals surface area contributed by atoms with Crippen LogP contribution < -0.4 is 5.32 Å². The number of rotatable bonds is 7. The molecule has 0 aliphatic heterocycles. The van der Waals surface area contributed by atoms with E-state index in [1.54, 1.807) is 6.92 Å². The first kappa shape index (κ1) is 16.1. The number of carbonyl (C=O) groups is 1. The molecule has 0 aliphatic rings. The monoisotopic (exact) mass is 295 g/mol. The lowest BCUT2D eigenvalue weighted by molar-refractivity contribution is -0.392. The Bertz CT molecular complexity index is 564. The van der Waals surface area contributed by atoms with E-state index in [1.165, 1.54) is 6.08 Å². The highest BCUT2D eigenvalue weighted by atomic mass is 16.6. The Morgan fingerprint density at radius 1 is 1.33 bits per heavy atom. The van der Waals surface area contributed by atoms with E-state index in [1.807, 2.05) is 0 Å². The molecule has 0 amide bonds. The number of nitro groups is 2. The van der Waals surface area contributed by atoms with Crippen molar-refractivity contribution in [2.45, 2.75) is 6.92 Å². The molecular formula is C12H13N3O6. The summed E-state index contributed by atoms with van der Waals surface area (Å²) in [6.45, 7) is 5.13. The minimum Gasteiger partial charge on any atom is -0.462 e. The first-order valence-electron chi connectivity index (χ1n) is 5.91. The van der Waals surface area contributed by atoms with Crippen molar-refractivity contribution in [2.24, 2.45) is 0 Å². The second kappa shape index (κ2) is 6.98. The number of ether oxygens (including phenoxy) is 1. The number of hydrogen-bond donors (Lipinski definition) is 1. The molecule has 0 spiro atoms. The molecule has 0 saturated carbocycles.